The minimum absolute atomic E-state index is 0.0418. The number of aromatic hydroxyl groups is 1. The Morgan fingerprint density at radius 3 is 1.89 bits per heavy atom. The maximum Gasteiger partial charge on any atom is 0.284 e. The summed E-state index contributed by atoms with van der Waals surface area (Å²) < 4.78 is 0. The molecule has 35 heavy (non-hydrogen) atoms. The highest BCUT2D eigenvalue weighted by Gasteiger charge is 2.38. The number of nitro benzene ring substituents is 3. The lowest BCUT2D eigenvalue weighted by Gasteiger charge is -2.11. The van der Waals surface area contributed by atoms with E-state index in [1.54, 1.807) is 6.92 Å². The van der Waals surface area contributed by atoms with Crippen LogP contribution in [0.5, 0.6) is 5.75 Å². The van der Waals surface area contributed by atoms with Crippen LogP contribution in [0.2, 0.25) is 0 Å². The minimum atomic E-state index is -0.763. The van der Waals surface area contributed by atoms with Gasteiger partial charge >= 0.3 is 0 Å². The van der Waals surface area contributed by atoms with E-state index in [4.69, 9.17) is 0 Å². The van der Waals surface area contributed by atoms with Crippen LogP contribution >= 0.6 is 0 Å². The lowest BCUT2D eigenvalue weighted by atomic mass is 9.92. The van der Waals surface area contributed by atoms with Gasteiger partial charge in [0.15, 0.2) is 0 Å². The number of aliphatic imine (C=N–C) groups is 1. The number of phenols is 1. The van der Waals surface area contributed by atoms with E-state index in [2.05, 4.69) is 4.99 Å². The Morgan fingerprint density at radius 1 is 0.829 bits per heavy atom. The fraction of sp³-hybridized carbons (Fsp3) is 0.174. The van der Waals surface area contributed by atoms with Crippen molar-refractivity contribution in [2.24, 2.45) is 4.99 Å². The maximum absolute atomic E-state index is 12.0. The molecule has 0 saturated heterocycles. The van der Waals surface area contributed by atoms with Gasteiger partial charge in [-0.3, -0.25) is 35.3 Å². The number of nitro groups is 3. The van der Waals surface area contributed by atoms with Crippen LogP contribution in [-0.4, -0.2) is 43.3 Å². The number of aliphatic hydroxyl groups is 1. The summed E-state index contributed by atoms with van der Waals surface area (Å²) in [6.07, 6.45) is 0.390. The monoisotopic (exact) mass is 478 g/mol. The molecule has 1 aliphatic carbocycles. The fourth-order valence-corrected chi connectivity index (χ4v) is 4.10. The standard InChI is InChI=1S/C23H18N4O8/c1-2-13(11-28)24-23-18-8-14(25(30)31)7-17(12-3-5-16(29)6-4-12)21(18)22-19(23)9-15(26(32)33)10-20(22)27(34)35/h3-10,13,28-29H,2,11H2,1H3. The SMILES string of the molecule is CCC(CO)N=C1c2cc([N+](=O)[O-])cc(-c3ccc(O)cc3)c2-c2c1cc([N+](=O)[O-])cc2[N+](=O)[O-]. The molecule has 12 heteroatoms. The molecule has 0 amide bonds. The van der Waals surface area contributed by atoms with Gasteiger partial charge in [0.2, 0.25) is 0 Å². The van der Waals surface area contributed by atoms with Crippen molar-refractivity contribution in [1.29, 1.82) is 0 Å². The molecule has 1 aliphatic rings. The molecule has 2 N–H and O–H groups in total. The molecule has 1 unspecified atom stereocenters. The molecule has 0 bridgehead atoms. The summed E-state index contributed by atoms with van der Waals surface area (Å²) in [6, 6.07) is 9.58. The highest BCUT2D eigenvalue weighted by molar-refractivity contribution is 6.28. The largest absolute Gasteiger partial charge is 0.508 e. The number of fused-ring (bicyclic) bond motifs is 3. The number of nitrogens with zero attached hydrogens (tertiary/aromatic N) is 4. The number of non-ortho nitro benzene ring substituents is 2. The van der Waals surface area contributed by atoms with Crippen molar-refractivity contribution in [2.45, 2.75) is 19.4 Å². The van der Waals surface area contributed by atoms with Crippen LogP contribution in [0.4, 0.5) is 17.1 Å². The zero-order valence-electron chi connectivity index (χ0n) is 18.2. The van der Waals surface area contributed by atoms with Gasteiger partial charge in [-0.05, 0) is 29.7 Å². The lowest BCUT2D eigenvalue weighted by molar-refractivity contribution is -0.393. The zero-order chi connectivity index (χ0) is 25.4. The summed E-state index contributed by atoms with van der Waals surface area (Å²) >= 11 is 0. The first-order chi connectivity index (χ1) is 16.7. The van der Waals surface area contributed by atoms with Crippen molar-refractivity contribution in [3.63, 3.8) is 0 Å². The number of hydrogen-bond donors (Lipinski definition) is 2. The second kappa shape index (κ2) is 8.91. The van der Waals surface area contributed by atoms with Gasteiger partial charge in [0.25, 0.3) is 17.1 Å². The van der Waals surface area contributed by atoms with Crippen LogP contribution in [-0.2, 0) is 0 Å². The highest BCUT2D eigenvalue weighted by Crippen LogP contribution is 2.50. The molecule has 178 valence electrons. The number of aliphatic hydroxyl groups excluding tert-OH is 1. The maximum atomic E-state index is 12.0. The van der Waals surface area contributed by atoms with E-state index < -0.39 is 32.2 Å². The Morgan fingerprint density at radius 2 is 1.37 bits per heavy atom. The molecule has 3 aromatic carbocycles. The summed E-state index contributed by atoms with van der Waals surface area (Å²) in [7, 11) is 0. The predicted molar refractivity (Wildman–Crippen MR) is 126 cm³/mol. The van der Waals surface area contributed by atoms with Crippen molar-refractivity contribution in [3.8, 4) is 28.0 Å². The van der Waals surface area contributed by atoms with E-state index in [9.17, 15) is 40.6 Å². The molecule has 3 aromatic rings. The van der Waals surface area contributed by atoms with Gasteiger partial charge in [0.1, 0.15) is 5.75 Å². The van der Waals surface area contributed by atoms with E-state index >= 15 is 0 Å². The van der Waals surface area contributed by atoms with Crippen LogP contribution in [0.1, 0.15) is 24.5 Å². The zero-order valence-corrected chi connectivity index (χ0v) is 18.2. The topological polar surface area (TPSA) is 182 Å². The van der Waals surface area contributed by atoms with E-state index in [1.165, 1.54) is 36.4 Å². The first-order valence-electron chi connectivity index (χ1n) is 10.4. The molecule has 0 fully saturated rings. The second-order valence-corrected chi connectivity index (χ2v) is 7.84. The van der Waals surface area contributed by atoms with Crippen molar-refractivity contribution in [1.82, 2.24) is 0 Å². The molecular weight excluding hydrogens is 460 g/mol. The third kappa shape index (κ3) is 4.06. The number of rotatable bonds is 7. The molecule has 1 atom stereocenters. The van der Waals surface area contributed by atoms with Gasteiger partial charge in [-0.15, -0.1) is 0 Å². The Bertz CT molecular complexity index is 1410. The Hall–Kier alpha value is -4.71. The van der Waals surface area contributed by atoms with Crippen LogP contribution in [0.15, 0.2) is 53.5 Å². The molecule has 0 aromatic heterocycles. The van der Waals surface area contributed by atoms with Crippen molar-refractivity contribution in [2.75, 3.05) is 6.61 Å². The number of phenolic OH excluding ortho intramolecular Hbond substituents is 1. The van der Waals surface area contributed by atoms with Gasteiger partial charge in [-0.1, -0.05) is 19.1 Å². The van der Waals surface area contributed by atoms with Crippen LogP contribution in [0, 0.1) is 30.3 Å². The molecule has 0 heterocycles. The average molecular weight is 478 g/mol. The van der Waals surface area contributed by atoms with Gasteiger partial charge < -0.3 is 10.2 Å². The summed E-state index contributed by atoms with van der Waals surface area (Å²) in [4.78, 5) is 37.7. The van der Waals surface area contributed by atoms with Crippen molar-refractivity contribution in [3.05, 3.63) is 90.0 Å². The molecular formula is C23H18N4O8. The van der Waals surface area contributed by atoms with E-state index in [1.807, 2.05) is 0 Å². The van der Waals surface area contributed by atoms with Crippen LogP contribution in [0.3, 0.4) is 0 Å². The van der Waals surface area contributed by atoms with Crippen molar-refractivity contribution < 1.29 is 25.0 Å². The van der Waals surface area contributed by atoms with E-state index in [-0.39, 0.29) is 51.6 Å². The Kier molecular flexibility index (Phi) is 5.97. The van der Waals surface area contributed by atoms with E-state index in [0.717, 1.165) is 12.1 Å². The molecule has 12 nitrogen and oxygen atoms in total. The lowest BCUT2D eigenvalue weighted by Crippen LogP contribution is -2.13. The second-order valence-electron chi connectivity index (χ2n) is 7.84. The van der Waals surface area contributed by atoms with E-state index in [0.29, 0.717) is 12.0 Å². The Balaban J connectivity index is 2.19. The molecule has 0 spiro atoms. The predicted octanol–water partition coefficient (Wildman–Crippen LogP) is 4.37. The highest BCUT2D eigenvalue weighted by atomic mass is 16.6. The molecule has 4 rings (SSSR count). The molecule has 0 radical (unpaired) electrons. The summed E-state index contributed by atoms with van der Waals surface area (Å²) in [5.74, 6) is -0.0474. The summed E-state index contributed by atoms with van der Waals surface area (Å²) in [6.45, 7) is 1.40. The summed E-state index contributed by atoms with van der Waals surface area (Å²) in [5, 5.41) is 54.7. The molecule has 0 aliphatic heterocycles. The van der Waals surface area contributed by atoms with Crippen LogP contribution < -0.4 is 0 Å². The number of hydrogen-bond acceptors (Lipinski definition) is 9. The third-order valence-electron chi connectivity index (χ3n) is 5.78. The minimum Gasteiger partial charge on any atom is -0.508 e. The average Bonchev–Trinajstić information content (AvgIpc) is 3.14. The first-order valence-corrected chi connectivity index (χ1v) is 10.4. The normalized spacial score (nSPS) is 13.8. The number of benzene rings is 3. The first kappa shape index (κ1) is 23.4. The van der Waals surface area contributed by atoms with Gasteiger partial charge in [0.05, 0.1) is 44.8 Å². The van der Waals surface area contributed by atoms with Gasteiger partial charge in [0, 0.05) is 34.9 Å². The fourth-order valence-electron chi connectivity index (χ4n) is 4.10. The van der Waals surface area contributed by atoms with Crippen LogP contribution in [0.25, 0.3) is 22.3 Å². The third-order valence-corrected chi connectivity index (χ3v) is 5.78. The smallest absolute Gasteiger partial charge is 0.284 e. The summed E-state index contributed by atoms with van der Waals surface area (Å²) in [5.41, 5.74) is -0.0645. The van der Waals surface area contributed by atoms with Gasteiger partial charge in [-0.25, -0.2) is 0 Å². The van der Waals surface area contributed by atoms with Crippen molar-refractivity contribution >= 4 is 22.8 Å². The van der Waals surface area contributed by atoms with Gasteiger partial charge in [-0.2, -0.15) is 0 Å². The molecule has 0 saturated carbocycles. The Labute approximate surface area is 197 Å². The quantitative estimate of drug-likeness (QED) is 0.290.